The van der Waals surface area contributed by atoms with Crippen LogP contribution in [0.2, 0.25) is 14.8 Å². The van der Waals surface area contributed by atoms with Crippen molar-refractivity contribution in [2.24, 2.45) is 11.8 Å². The van der Waals surface area contributed by atoms with Crippen molar-refractivity contribution in [1.82, 2.24) is 0 Å². The molecule has 1 aliphatic carbocycles. The molecule has 0 heterocycles. The Kier molecular flexibility index (Phi) is 3.30. The van der Waals surface area contributed by atoms with Crippen molar-refractivity contribution in [3.63, 3.8) is 0 Å². The fourth-order valence-corrected chi connectivity index (χ4v) is 9.07. The molecule has 0 aliphatic heterocycles. The summed E-state index contributed by atoms with van der Waals surface area (Å²) in [6.07, 6.45) is 5.28. The van der Waals surface area contributed by atoms with Gasteiger partial charge in [-0.2, -0.15) is 0 Å². The molecule has 0 spiro atoms. The predicted molar refractivity (Wildman–Crippen MR) is 59.0 cm³/mol. The van der Waals surface area contributed by atoms with Gasteiger partial charge in [0, 0.05) is 0 Å². The Hall–Kier alpha value is 0.539. The second-order valence-corrected chi connectivity index (χ2v) is 19.6. The van der Waals surface area contributed by atoms with E-state index in [0.29, 0.717) is 0 Å². The molecule has 0 unspecified atom stereocenters. The van der Waals surface area contributed by atoms with E-state index in [1.54, 1.807) is 0 Å². The first-order chi connectivity index (χ1) is 5.46. The number of allylic oxidation sites excluding steroid dienone is 2. The number of rotatable bonds is 2. The Morgan fingerprint density at radius 1 is 1.42 bits per heavy atom. The summed E-state index contributed by atoms with van der Waals surface area (Å²) in [5.74, 6) is 1.88. The Morgan fingerprint density at radius 2 is 2.00 bits per heavy atom. The van der Waals surface area contributed by atoms with Gasteiger partial charge in [0.15, 0.2) is 0 Å². The molecule has 70 valence electrons. The average Bonchev–Trinajstić information content (AvgIpc) is 2.29. The van der Waals surface area contributed by atoms with E-state index in [1.807, 2.05) is 3.59 Å². The third-order valence-electron chi connectivity index (χ3n) is 3.10. The molecule has 1 aliphatic rings. The Balaban J connectivity index is 2.78. The Labute approximate surface area is 81.3 Å². The van der Waals surface area contributed by atoms with Crippen LogP contribution in [-0.2, 0) is 0 Å². The molecule has 0 radical (unpaired) electrons. The van der Waals surface area contributed by atoms with Crippen LogP contribution in [0.25, 0.3) is 0 Å². The van der Waals surface area contributed by atoms with Gasteiger partial charge in [0.2, 0.25) is 0 Å². The van der Waals surface area contributed by atoms with Gasteiger partial charge in [-0.05, 0) is 0 Å². The van der Waals surface area contributed by atoms with E-state index in [4.69, 9.17) is 0 Å². The standard InChI is InChI=1S/C8H13.3CH3.Sn/c1-3-8-6-4-5-7(8)2;;;;/h4,7-8H,3,5H2,1-2H3;3*1H3;/t7-,8+;;;;/m0..../s1. The fraction of sp³-hybridized carbons (Fsp3) is 0.818. The maximum absolute atomic E-state index is 2.56. The van der Waals surface area contributed by atoms with E-state index in [2.05, 4.69) is 34.7 Å². The van der Waals surface area contributed by atoms with E-state index in [-0.39, 0.29) is 0 Å². The normalized spacial score (nSPS) is 30.6. The van der Waals surface area contributed by atoms with Crippen LogP contribution in [0.1, 0.15) is 26.7 Å². The van der Waals surface area contributed by atoms with Crippen molar-refractivity contribution in [1.29, 1.82) is 0 Å². The molecule has 0 saturated carbocycles. The van der Waals surface area contributed by atoms with E-state index in [1.165, 1.54) is 12.8 Å². The molecule has 0 aromatic heterocycles. The predicted octanol–water partition coefficient (Wildman–Crippen LogP) is 3.86. The molecule has 0 nitrogen and oxygen atoms in total. The average molecular weight is 273 g/mol. The summed E-state index contributed by atoms with van der Waals surface area (Å²) in [7, 11) is 0. The van der Waals surface area contributed by atoms with Gasteiger partial charge in [0.1, 0.15) is 0 Å². The molecule has 1 heteroatoms. The van der Waals surface area contributed by atoms with E-state index in [0.717, 1.165) is 11.8 Å². The molecule has 1 rings (SSSR count). The van der Waals surface area contributed by atoms with Crippen molar-refractivity contribution in [3.8, 4) is 0 Å². The van der Waals surface area contributed by atoms with Crippen LogP contribution in [0.5, 0.6) is 0 Å². The van der Waals surface area contributed by atoms with Crippen molar-refractivity contribution in [2.75, 3.05) is 0 Å². The zero-order valence-corrected chi connectivity index (χ0v) is 12.0. The molecule has 2 atom stereocenters. The first-order valence-electron chi connectivity index (χ1n) is 5.17. The number of hydrogen-bond acceptors (Lipinski definition) is 0. The third-order valence-corrected chi connectivity index (χ3v) is 9.69. The molecule has 0 bridgehead atoms. The van der Waals surface area contributed by atoms with Gasteiger partial charge in [-0.25, -0.2) is 0 Å². The monoisotopic (exact) mass is 274 g/mol. The van der Waals surface area contributed by atoms with E-state index in [9.17, 15) is 0 Å². The van der Waals surface area contributed by atoms with Crippen LogP contribution in [0.3, 0.4) is 0 Å². The van der Waals surface area contributed by atoms with Gasteiger partial charge in [-0.15, -0.1) is 0 Å². The van der Waals surface area contributed by atoms with Gasteiger partial charge >= 0.3 is 81.4 Å². The van der Waals surface area contributed by atoms with Gasteiger partial charge in [0.05, 0.1) is 0 Å². The third kappa shape index (κ3) is 2.07. The summed E-state index contributed by atoms with van der Waals surface area (Å²) in [6, 6.07) is 0. The van der Waals surface area contributed by atoms with Gasteiger partial charge in [-0.3, -0.25) is 0 Å². The molecule has 0 saturated heterocycles. The molecule has 12 heavy (non-hydrogen) atoms. The van der Waals surface area contributed by atoms with Crippen molar-refractivity contribution in [2.45, 2.75) is 41.5 Å². The van der Waals surface area contributed by atoms with Crippen molar-refractivity contribution < 1.29 is 0 Å². The van der Waals surface area contributed by atoms with Gasteiger partial charge in [-0.1, -0.05) is 0 Å². The van der Waals surface area contributed by atoms with Crippen LogP contribution in [0, 0.1) is 11.8 Å². The first kappa shape index (κ1) is 10.6. The second kappa shape index (κ2) is 3.73. The van der Waals surface area contributed by atoms with E-state index < -0.39 is 18.4 Å². The van der Waals surface area contributed by atoms with Crippen molar-refractivity contribution >= 4 is 18.4 Å². The zero-order chi connectivity index (χ0) is 9.35. The number of hydrogen-bond donors (Lipinski definition) is 0. The SMILES string of the molecule is CC[C@@H]1[C]([Sn]([CH3])([CH3])[CH3])=CC[C@@H]1C. The van der Waals surface area contributed by atoms with Crippen LogP contribution in [0.15, 0.2) is 9.67 Å². The topological polar surface area (TPSA) is 0 Å². The molecule has 0 aromatic rings. The van der Waals surface area contributed by atoms with Crippen LogP contribution >= 0.6 is 0 Å². The van der Waals surface area contributed by atoms with Crippen molar-refractivity contribution in [3.05, 3.63) is 9.67 Å². The second-order valence-electron chi connectivity index (χ2n) is 5.14. The molecule has 0 N–H and O–H groups in total. The molecule has 0 amide bonds. The first-order valence-corrected chi connectivity index (χ1v) is 15.2. The summed E-state index contributed by atoms with van der Waals surface area (Å²) in [5.41, 5.74) is 0. The summed E-state index contributed by atoms with van der Waals surface area (Å²) in [6.45, 7) is 4.76. The Morgan fingerprint density at radius 3 is 2.33 bits per heavy atom. The molecule has 0 aromatic carbocycles. The summed E-state index contributed by atoms with van der Waals surface area (Å²) >= 11 is -1.70. The minimum absolute atomic E-state index is 0.931. The van der Waals surface area contributed by atoms with Gasteiger partial charge in [0.25, 0.3) is 0 Å². The molecule has 0 fully saturated rings. The Bertz CT molecular complexity index is 186. The van der Waals surface area contributed by atoms with Crippen LogP contribution < -0.4 is 0 Å². The summed E-state index contributed by atoms with van der Waals surface area (Å²) < 4.78 is 1.90. The summed E-state index contributed by atoms with van der Waals surface area (Å²) in [4.78, 5) is 7.63. The molecular weight excluding hydrogens is 251 g/mol. The maximum atomic E-state index is 2.56. The quantitative estimate of drug-likeness (QED) is 0.670. The minimum atomic E-state index is -1.70. The van der Waals surface area contributed by atoms with Crippen LogP contribution in [0.4, 0.5) is 0 Å². The van der Waals surface area contributed by atoms with Gasteiger partial charge < -0.3 is 0 Å². The zero-order valence-electron chi connectivity index (χ0n) is 9.15. The molecular formula is C11H22Sn. The van der Waals surface area contributed by atoms with Crippen LogP contribution in [-0.4, -0.2) is 18.4 Å². The fourth-order valence-electron chi connectivity index (χ4n) is 2.42. The summed E-state index contributed by atoms with van der Waals surface area (Å²) in [5, 5.41) is 0. The van der Waals surface area contributed by atoms with E-state index >= 15 is 0 Å².